The fourth-order valence-corrected chi connectivity index (χ4v) is 4.80. The van der Waals surface area contributed by atoms with Gasteiger partial charge in [0.15, 0.2) is 5.60 Å². The van der Waals surface area contributed by atoms with E-state index < -0.39 is 29.0 Å². The maximum atomic E-state index is 14.4. The normalized spacial score (nSPS) is 17.8. The Balaban J connectivity index is 1.71. The van der Waals surface area contributed by atoms with E-state index in [4.69, 9.17) is 15.6 Å². The summed E-state index contributed by atoms with van der Waals surface area (Å²) >= 11 is 0. The maximum absolute atomic E-state index is 14.4. The van der Waals surface area contributed by atoms with Gasteiger partial charge in [-0.2, -0.15) is 0 Å². The number of nitrogens with zero attached hydrogens (tertiary/aromatic N) is 2. The van der Waals surface area contributed by atoms with Gasteiger partial charge in [-0.25, -0.2) is 19.0 Å². The highest BCUT2D eigenvalue weighted by Crippen LogP contribution is 2.40. The molecule has 0 saturated heterocycles. The van der Waals surface area contributed by atoms with Gasteiger partial charge in [0.1, 0.15) is 12.4 Å². The lowest BCUT2D eigenvalue weighted by Crippen LogP contribution is -2.44. The molecule has 1 atom stereocenters. The molecule has 11 nitrogen and oxygen atoms in total. The number of amides is 2. The third kappa shape index (κ3) is 3.48. The first-order valence-corrected chi connectivity index (χ1v) is 11.4. The van der Waals surface area contributed by atoms with Gasteiger partial charge >= 0.3 is 12.0 Å². The van der Waals surface area contributed by atoms with Crippen LogP contribution >= 0.6 is 0 Å². The van der Waals surface area contributed by atoms with E-state index in [2.05, 4.69) is 15.6 Å². The Morgan fingerprint density at radius 2 is 2.06 bits per heavy atom. The van der Waals surface area contributed by atoms with E-state index in [9.17, 15) is 23.9 Å². The molecule has 2 amide bonds. The minimum absolute atomic E-state index is 0.00232. The minimum atomic E-state index is -1.97. The number of anilines is 1. The number of urea groups is 1. The molecule has 3 aromatic rings. The second-order valence-electron chi connectivity index (χ2n) is 8.74. The first kappa shape index (κ1) is 23.7. The Bertz CT molecular complexity index is 1500. The number of pyridine rings is 2. The van der Waals surface area contributed by atoms with Crippen molar-refractivity contribution in [1.82, 2.24) is 20.2 Å². The summed E-state index contributed by atoms with van der Waals surface area (Å²) in [5, 5.41) is 25.7. The molecule has 0 unspecified atom stereocenters. The average molecular weight is 497 g/mol. The molecule has 0 radical (unpaired) electrons. The van der Waals surface area contributed by atoms with E-state index in [1.54, 1.807) is 13.0 Å². The van der Waals surface area contributed by atoms with Crippen molar-refractivity contribution in [2.24, 2.45) is 0 Å². The van der Waals surface area contributed by atoms with Crippen LogP contribution in [0.3, 0.4) is 0 Å². The molecular weight excluding hydrogens is 473 g/mol. The number of carbonyl (C=O) groups excluding carboxylic acids is 2. The van der Waals surface area contributed by atoms with Gasteiger partial charge in [0.25, 0.3) is 5.56 Å². The van der Waals surface area contributed by atoms with Crippen molar-refractivity contribution in [3.63, 3.8) is 0 Å². The largest absolute Gasteiger partial charge is 0.458 e. The fraction of sp³-hybridized carbons (Fsp3) is 0.333. The van der Waals surface area contributed by atoms with Crippen molar-refractivity contribution in [3.8, 4) is 11.4 Å². The number of aliphatic hydroxyl groups is 2. The summed E-state index contributed by atoms with van der Waals surface area (Å²) in [5.74, 6) is -1.50. The summed E-state index contributed by atoms with van der Waals surface area (Å²) in [6.07, 6.45) is 0.00232. The zero-order valence-electron chi connectivity index (χ0n) is 19.4. The van der Waals surface area contributed by atoms with E-state index in [0.29, 0.717) is 27.9 Å². The van der Waals surface area contributed by atoms with Crippen LogP contribution in [0.4, 0.5) is 14.9 Å². The Morgan fingerprint density at radius 1 is 1.28 bits per heavy atom. The molecule has 0 fully saturated rings. The van der Waals surface area contributed by atoms with Crippen molar-refractivity contribution in [1.29, 1.82) is 0 Å². The third-order valence-corrected chi connectivity index (χ3v) is 6.75. The lowest BCUT2D eigenvalue weighted by molar-refractivity contribution is -0.172. The van der Waals surface area contributed by atoms with Gasteiger partial charge in [0, 0.05) is 35.7 Å². The van der Waals surface area contributed by atoms with Crippen molar-refractivity contribution in [3.05, 3.63) is 56.6 Å². The van der Waals surface area contributed by atoms with E-state index in [0.717, 1.165) is 0 Å². The molecule has 188 valence electrons. The fourth-order valence-electron chi connectivity index (χ4n) is 4.80. The predicted molar refractivity (Wildman–Crippen MR) is 126 cm³/mol. The number of ether oxygens (including phenoxy) is 1. The highest BCUT2D eigenvalue weighted by Gasteiger charge is 2.45. The highest BCUT2D eigenvalue weighted by atomic mass is 19.1. The Morgan fingerprint density at radius 3 is 2.78 bits per heavy atom. The number of cyclic esters (lactones) is 1. The number of aliphatic hydroxyl groups excluding tert-OH is 1. The van der Waals surface area contributed by atoms with Crippen LogP contribution in [-0.4, -0.2) is 44.9 Å². The second-order valence-corrected chi connectivity index (χ2v) is 8.74. The average Bonchev–Trinajstić information content (AvgIpc) is 3.22. The van der Waals surface area contributed by atoms with Gasteiger partial charge in [-0.1, -0.05) is 6.92 Å². The van der Waals surface area contributed by atoms with Crippen LogP contribution in [0, 0.1) is 5.82 Å². The summed E-state index contributed by atoms with van der Waals surface area (Å²) < 4.78 is 20.9. The molecule has 12 heteroatoms. The number of nitrogens with two attached hydrogens (primary N) is 1. The molecule has 2 aromatic heterocycles. The van der Waals surface area contributed by atoms with Crippen molar-refractivity contribution in [2.45, 2.75) is 38.6 Å². The summed E-state index contributed by atoms with van der Waals surface area (Å²) in [4.78, 5) is 42.6. The molecule has 0 aliphatic carbocycles. The van der Waals surface area contributed by atoms with E-state index in [1.165, 1.54) is 16.7 Å². The number of nitrogens with one attached hydrogen (secondary N) is 2. The lowest BCUT2D eigenvalue weighted by Gasteiger charge is -2.31. The van der Waals surface area contributed by atoms with Crippen LogP contribution < -0.4 is 21.9 Å². The molecule has 2 aliphatic rings. The Kier molecular flexibility index (Phi) is 5.64. The molecule has 0 saturated carbocycles. The number of esters is 1. The number of benzene rings is 1. The van der Waals surface area contributed by atoms with E-state index in [1.807, 2.05) is 0 Å². The SMILES string of the molecule is CC[C@@]1(O)C(=O)OCc2c1cc1n(c2=O)Cc2c-1nc1cc(F)c(N)cc1c2CNC(=O)NCCO. The molecule has 0 spiro atoms. The number of rotatable bonds is 5. The molecule has 2 aliphatic heterocycles. The molecule has 1 aromatic carbocycles. The minimum Gasteiger partial charge on any atom is -0.458 e. The number of fused-ring (bicyclic) bond motifs is 5. The molecular formula is C24H24FN5O6. The summed E-state index contributed by atoms with van der Waals surface area (Å²) in [6.45, 7) is 1.29. The quantitative estimate of drug-likeness (QED) is 0.197. The number of nitrogen functional groups attached to an aromatic ring is 1. The predicted octanol–water partition coefficient (Wildman–Crippen LogP) is 0.592. The molecule has 0 bridgehead atoms. The van der Waals surface area contributed by atoms with Gasteiger partial charge in [-0.05, 0) is 24.1 Å². The smallest absolute Gasteiger partial charge is 0.343 e. The first-order valence-electron chi connectivity index (χ1n) is 11.4. The number of hydrogen-bond donors (Lipinski definition) is 5. The third-order valence-electron chi connectivity index (χ3n) is 6.75. The van der Waals surface area contributed by atoms with Crippen LogP contribution in [0.1, 0.15) is 35.6 Å². The lowest BCUT2D eigenvalue weighted by atomic mass is 9.86. The molecule has 4 heterocycles. The zero-order chi connectivity index (χ0) is 25.8. The van der Waals surface area contributed by atoms with Gasteiger partial charge in [0.05, 0.1) is 41.3 Å². The maximum Gasteiger partial charge on any atom is 0.343 e. The summed E-state index contributed by atoms with van der Waals surface area (Å²) in [6, 6.07) is 3.65. The monoisotopic (exact) mass is 497 g/mol. The topological polar surface area (TPSA) is 169 Å². The van der Waals surface area contributed by atoms with Crippen molar-refractivity contribution in [2.75, 3.05) is 18.9 Å². The standard InChI is InChI=1S/C24H24FN5O6/c1-2-24(35)15-6-19-20-13(9-30(19)21(32)14(15)10-36-22(24)33)12(8-28-23(34)27-3-4-31)11-5-17(26)16(25)7-18(11)29-20/h5-7,31,35H,2-4,8-10,26H2,1H3,(H2,27,28,34)/t24-/m0/s1. The Labute approximate surface area is 203 Å². The molecule has 5 rings (SSSR count). The van der Waals surface area contributed by atoms with Crippen molar-refractivity contribution < 1.29 is 28.9 Å². The van der Waals surface area contributed by atoms with E-state index in [-0.39, 0.29) is 61.6 Å². The summed E-state index contributed by atoms with van der Waals surface area (Å²) in [7, 11) is 0. The highest BCUT2D eigenvalue weighted by molar-refractivity contribution is 5.91. The van der Waals surface area contributed by atoms with Gasteiger partial charge < -0.3 is 35.9 Å². The van der Waals surface area contributed by atoms with Crippen molar-refractivity contribution >= 4 is 28.6 Å². The molecule has 6 N–H and O–H groups in total. The van der Waals surface area contributed by atoms with Gasteiger partial charge in [-0.15, -0.1) is 0 Å². The number of aromatic nitrogens is 2. The van der Waals surface area contributed by atoms with Crippen LogP contribution in [0.2, 0.25) is 0 Å². The van der Waals surface area contributed by atoms with Crippen LogP contribution in [0.15, 0.2) is 23.0 Å². The van der Waals surface area contributed by atoms with E-state index >= 15 is 0 Å². The number of carbonyl (C=O) groups is 2. The zero-order valence-corrected chi connectivity index (χ0v) is 19.4. The van der Waals surface area contributed by atoms with Crippen LogP contribution in [0.5, 0.6) is 0 Å². The van der Waals surface area contributed by atoms with Crippen LogP contribution in [0.25, 0.3) is 22.3 Å². The Hall–Kier alpha value is -4.03. The summed E-state index contributed by atoms with van der Waals surface area (Å²) in [5.41, 5.74) is 5.84. The number of hydrogen-bond acceptors (Lipinski definition) is 8. The van der Waals surface area contributed by atoms with Gasteiger partial charge in [0.2, 0.25) is 0 Å². The second kappa shape index (κ2) is 8.57. The molecule has 36 heavy (non-hydrogen) atoms. The number of halogens is 1. The van der Waals surface area contributed by atoms with Gasteiger partial charge in [-0.3, -0.25) is 4.79 Å². The van der Waals surface area contributed by atoms with Crippen LogP contribution in [-0.2, 0) is 34.8 Å². The first-order chi connectivity index (χ1) is 17.2.